The van der Waals surface area contributed by atoms with Gasteiger partial charge in [-0.15, -0.1) is 0 Å². The maximum absolute atomic E-state index is 11.0. The molecule has 1 aliphatic heterocycles. The van der Waals surface area contributed by atoms with E-state index < -0.39 is 18.4 Å². The molecule has 1 saturated heterocycles. The molecule has 1 heterocycles. The molecule has 2 aromatic carbocycles. The van der Waals surface area contributed by atoms with Gasteiger partial charge in [0.15, 0.2) is 0 Å². The van der Waals surface area contributed by atoms with E-state index in [1.54, 1.807) is 3.58 Å². The van der Waals surface area contributed by atoms with Crippen molar-refractivity contribution in [2.24, 2.45) is 0 Å². The first-order chi connectivity index (χ1) is 16.6. The number of β-amino-alcohol motifs (C(OH)–C–C–N with tert-alkyl or cyclic N) is 1. The van der Waals surface area contributed by atoms with Gasteiger partial charge in [-0.25, -0.2) is 0 Å². The van der Waals surface area contributed by atoms with E-state index in [1.165, 1.54) is 70.2 Å². The van der Waals surface area contributed by atoms with Gasteiger partial charge in [0.25, 0.3) is 0 Å². The molecule has 0 radical (unpaired) electrons. The van der Waals surface area contributed by atoms with Crippen molar-refractivity contribution in [2.45, 2.75) is 97.5 Å². The van der Waals surface area contributed by atoms with Crippen molar-refractivity contribution in [1.82, 2.24) is 4.90 Å². The molecular formula is C31H49NOSn. The van der Waals surface area contributed by atoms with Gasteiger partial charge in [-0.2, -0.15) is 0 Å². The van der Waals surface area contributed by atoms with Crippen molar-refractivity contribution < 1.29 is 5.11 Å². The van der Waals surface area contributed by atoms with Gasteiger partial charge >= 0.3 is 197 Å². The van der Waals surface area contributed by atoms with Gasteiger partial charge in [0.1, 0.15) is 0 Å². The van der Waals surface area contributed by atoms with E-state index in [2.05, 4.69) is 80.3 Å². The number of hydrogen-bond donors (Lipinski definition) is 1. The van der Waals surface area contributed by atoms with E-state index in [9.17, 15) is 5.11 Å². The standard InChI is InChI=1S/C19H22NO.3C4H9.Sn/c21-19(18-9-5-2-6-10-18)15-20-13-11-17(12-14-20)16-7-3-1-4-8-16;3*1-3-4-2;/h1,3-10,17,19,21H,11-15H2;3*1,3-4H2,2H3;. The third kappa shape index (κ3) is 7.83. The van der Waals surface area contributed by atoms with Crippen molar-refractivity contribution >= 4 is 22.0 Å². The molecule has 188 valence electrons. The Balaban J connectivity index is 1.62. The van der Waals surface area contributed by atoms with Crippen molar-refractivity contribution in [3.05, 3.63) is 65.7 Å². The maximum atomic E-state index is 11.0. The summed E-state index contributed by atoms with van der Waals surface area (Å²) < 4.78 is 6.22. The number of benzene rings is 2. The second-order valence-corrected chi connectivity index (χ2v) is 24.0. The Morgan fingerprint density at radius 2 is 1.32 bits per heavy atom. The van der Waals surface area contributed by atoms with E-state index in [-0.39, 0.29) is 6.10 Å². The van der Waals surface area contributed by atoms with E-state index >= 15 is 0 Å². The van der Waals surface area contributed by atoms with E-state index in [0.29, 0.717) is 5.92 Å². The molecule has 2 nitrogen and oxygen atoms in total. The Labute approximate surface area is 214 Å². The van der Waals surface area contributed by atoms with Gasteiger partial charge in [-0.05, 0) is 0 Å². The van der Waals surface area contributed by atoms with Crippen LogP contribution in [0.3, 0.4) is 0 Å². The number of unbranched alkanes of at least 4 members (excludes halogenated alkanes) is 3. The quantitative estimate of drug-likeness (QED) is 0.236. The molecule has 34 heavy (non-hydrogen) atoms. The number of nitrogens with zero attached hydrogens (tertiary/aromatic N) is 1. The normalized spacial score (nSPS) is 16.6. The third-order valence-corrected chi connectivity index (χ3v) is 23.9. The monoisotopic (exact) mass is 571 g/mol. The van der Waals surface area contributed by atoms with Crippen LogP contribution in [-0.4, -0.2) is 48.0 Å². The van der Waals surface area contributed by atoms with Gasteiger partial charge in [0.05, 0.1) is 0 Å². The van der Waals surface area contributed by atoms with Crippen LogP contribution in [0.2, 0.25) is 13.3 Å². The molecule has 1 aliphatic rings. The minimum absolute atomic E-state index is 0.381. The summed E-state index contributed by atoms with van der Waals surface area (Å²) in [6, 6.07) is 20.4. The molecule has 1 N–H and O–H groups in total. The van der Waals surface area contributed by atoms with E-state index in [0.717, 1.165) is 25.2 Å². The number of aliphatic hydroxyl groups excluding tert-OH is 1. The van der Waals surface area contributed by atoms with E-state index in [4.69, 9.17) is 0 Å². The second kappa shape index (κ2) is 14.7. The van der Waals surface area contributed by atoms with Gasteiger partial charge < -0.3 is 0 Å². The van der Waals surface area contributed by atoms with Gasteiger partial charge in [0, 0.05) is 0 Å². The summed E-state index contributed by atoms with van der Waals surface area (Å²) in [5.74, 6) is 0.670. The number of aliphatic hydroxyl groups is 1. The molecular weight excluding hydrogens is 521 g/mol. The van der Waals surface area contributed by atoms with Crippen molar-refractivity contribution in [3.63, 3.8) is 0 Å². The molecule has 3 heteroatoms. The van der Waals surface area contributed by atoms with Crippen LogP contribution in [-0.2, 0) is 0 Å². The van der Waals surface area contributed by atoms with Crippen LogP contribution >= 0.6 is 0 Å². The summed E-state index contributed by atoms with van der Waals surface area (Å²) in [6.07, 6.45) is 10.1. The fraction of sp³-hybridized carbons (Fsp3) is 0.613. The first kappa shape index (κ1) is 27.7. The zero-order valence-corrected chi connectivity index (χ0v) is 25.0. The number of piperidine rings is 1. The Hall–Kier alpha value is -0.841. The van der Waals surface area contributed by atoms with Crippen molar-refractivity contribution in [3.8, 4) is 0 Å². The van der Waals surface area contributed by atoms with Crippen LogP contribution in [0, 0.1) is 0 Å². The van der Waals surface area contributed by atoms with Gasteiger partial charge in [0.2, 0.25) is 0 Å². The molecule has 0 bridgehead atoms. The van der Waals surface area contributed by atoms with E-state index in [1.807, 2.05) is 0 Å². The molecule has 3 rings (SSSR count). The first-order valence-electron chi connectivity index (χ1n) is 14.2. The molecule has 0 aliphatic carbocycles. The average molecular weight is 570 g/mol. The number of likely N-dealkylation sites (tertiary alicyclic amines) is 1. The predicted molar refractivity (Wildman–Crippen MR) is 151 cm³/mol. The second-order valence-electron chi connectivity index (χ2n) is 10.7. The predicted octanol–water partition coefficient (Wildman–Crippen LogP) is 7.66. The summed E-state index contributed by atoms with van der Waals surface area (Å²) in [7, 11) is 0. The van der Waals surface area contributed by atoms with Crippen molar-refractivity contribution in [2.75, 3.05) is 19.6 Å². The summed E-state index contributed by atoms with van der Waals surface area (Å²) in [5, 5.41) is 11.0. The molecule has 1 unspecified atom stereocenters. The van der Waals surface area contributed by atoms with Gasteiger partial charge in [-0.1, -0.05) is 18.2 Å². The van der Waals surface area contributed by atoms with Crippen LogP contribution in [0.25, 0.3) is 0 Å². The third-order valence-electron chi connectivity index (χ3n) is 8.22. The van der Waals surface area contributed by atoms with Crippen molar-refractivity contribution in [1.29, 1.82) is 0 Å². The average Bonchev–Trinajstić information content (AvgIpc) is 2.89. The Morgan fingerprint density at radius 1 is 0.794 bits per heavy atom. The fourth-order valence-corrected chi connectivity index (χ4v) is 21.9. The molecule has 0 amide bonds. The fourth-order valence-electron chi connectivity index (χ4n) is 5.94. The van der Waals surface area contributed by atoms with Crippen LogP contribution in [0.1, 0.15) is 95.3 Å². The molecule has 1 fully saturated rings. The molecule has 2 aromatic rings. The SMILES string of the molecule is CCC[CH2][Sn]([CH2]CCC)([CH2]CCC)[c]1ccc(C(O)CN2CCC(c3ccccc3)CC2)cc1. The van der Waals surface area contributed by atoms with Crippen LogP contribution in [0.4, 0.5) is 0 Å². The van der Waals surface area contributed by atoms with Gasteiger partial charge in [-0.3, -0.25) is 0 Å². The Morgan fingerprint density at radius 3 is 1.82 bits per heavy atom. The van der Waals surface area contributed by atoms with Crippen LogP contribution in [0.5, 0.6) is 0 Å². The topological polar surface area (TPSA) is 23.5 Å². The summed E-state index contributed by atoms with van der Waals surface area (Å²) in [5.41, 5.74) is 2.58. The number of hydrogen-bond acceptors (Lipinski definition) is 2. The Bertz CT molecular complexity index is 776. The van der Waals surface area contributed by atoms with Crippen LogP contribution in [0.15, 0.2) is 54.6 Å². The number of rotatable bonds is 14. The zero-order valence-electron chi connectivity index (χ0n) is 22.1. The summed E-state index contributed by atoms with van der Waals surface area (Å²) in [4.78, 5) is 2.46. The summed E-state index contributed by atoms with van der Waals surface area (Å²) >= 11 is -2.38. The molecule has 0 aromatic heterocycles. The molecule has 1 atom stereocenters. The first-order valence-corrected chi connectivity index (χ1v) is 21.7. The summed E-state index contributed by atoms with van der Waals surface area (Å²) in [6.45, 7) is 9.96. The minimum atomic E-state index is -2.38. The van der Waals surface area contributed by atoms with Crippen LogP contribution < -0.4 is 3.58 Å². The zero-order chi connectivity index (χ0) is 24.2. The Kier molecular flexibility index (Phi) is 12.0. The molecule has 0 saturated carbocycles. The molecule has 0 spiro atoms.